The number of carbonyl (C=O) groups excluding carboxylic acids is 2. The molecule has 0 spiro atoms. The second-order valence-corrected chi connectivity index (χ2v) is 5.01. The van der Waals surface area contributed by atoms with E-state index < -0.39 is 0 Å². The van der Waals surface area contributed by atoms with Crippen LogP contribution in [0.2, 0.25) is 0 Å². The van der Waals surface area contributed by atoms with E-state index in [0.717, 1.165) is 12.2 Å². The summed E-state index contributed by atoms with van der Waals surface area (Å²) in [5.41, 5.74) is 0. The lowest BCUT2D eigenvalue weighted by atomic mass is 10.0. The van der Waals surface area contributed by atoms with Crippen molar-refractivity contribution in [2.45, 2.75) is 25.8 Å². The fourth-order valence-corrected chi connectivity index (χ4v) is 2.75. The molecule has 82 valence electrons. The second-order valence-electron chi connectivity index (χ2n) is 3.79. The molecule has 2 rings (SSSR count). The van der Waals surface area contributed by atoms with Gasteiger partial charge in [0.1, 0.15) is 0 Å². The van der Waals surface area contributed by atoms with Crippen LogP contribution in [0.25, 0.3) is 0 Å². The van der Waals surface area contributed by atoms with Gasteiger partial charge in [-0.05, 0) is 0 Å². The lowest BCUT2D eigenvalue weighted by Gasteiger charge is -2.32. The van der Waals surface area contributed by atoms with Crippen LogP contribution in [0.5, 0.6) is 0 Å². The maximum atomic E-state index is 11.1. The Morgan fingerprint density at radius 3 is 3.07 bits per heavy atom. The summed E-state index contributed by atoms with van der Waals surface area (Å²) in [6.07, 6.45) is 3.65. The van der Waals surface area contributed by atoms with Gasteiger partial charge in [0, 0.05) is 49.2 Å². The van der Waals surface area contributed by atoms with E-state index in [0.29, 0.717) is 19.0 Å². The first-order valence-electron chi connectivity index (χ1n) is 5.06. The number of hydrogen-bond acceptors (Lipinski definition) is 3. The van der Waals surface area contributed by atoms with Gasteiger partial charge >= 0.3 is 0 Å². The lowest BCUT2D eigenvalue weighted by molar-refractivity contribution is -0.140. The normalized spacial score (nSPS) is 23.3. The van der Waals surface area contributed by atoms with Crippen molar-refractivity contribution in [1.29, 1.82) is 0 Å². The van der Waals surface area contributed by atoms with E-state index in [2.05, 4.69) is 5.32 Å². The van der Waals surface area contributed by atoms with Crippen molar-refractivity contribution in [3.8, 4) is 0 Å². The molecule has 5 heteroatoms. The van der Waals surface area contributed by atoms with Gasteiger partial charge in [-0.25, -0.2) is 0 Å². The van der Waals surface area contributed by atoms with Crippen LogP contribution in [0.3, 0.4) is 0 Å². The molecule has 4 nitrogen and oxygen atoms in total. The third-order valence-corrected chi connectivity index (χ3v) is 3.63. The predicted octanol–water partition coefficient (Wildman–Crippen LogP) is 0.702. The van der Waals surface area contributed by atoms with Gasteiger partial charge in [0.05, 0.1) is 0 Å². The van der Waals surface area contributed by atoms with Crippen molar-refractivity contribution < 1.29 is 9.59 Å². The van der Waals surface area contributed by atoms with Crippen LogP contribution in [0.1, 0.15) is 19.8 Å². The minimum Gasteiger partial charge on any atom is -0.356 e. The number of fused-ring (bicyclic) bond motifs is 1. The topological polar surface area (TPSA) is 49.4 Å². The summed E-state index contributed by atoms with van der Waals surface area (Å²) in [7, 11) is 0. The molecule has 1 N–H and O–H groups in total. The molecule has 2 amide bonds. The standard InChI is InChI=1S/C10H14N2O2S/c1-7(13)11-2-3-15-9-4-8-5-10(14)12(8)6-9/h6,8H,2-5H2,1H3,(H,11,13)/t8-/m1/s1. The van der Waals surface area contributed by atoms with Gasteiger partial charge in [0.15, 0.2) is 0 Å². The van der Waals surface area contributed by atoms with Gasteiger partial charge in [-0.15, -0.1) is 11.8 Å². The van der Waals surface area contributed by atoms with Crippen LogP contribution in [-0.4, -0.2) is 35.1 Å². The molecule has 1 fully saturated rings. The molecule has 0 aromatic rings. The number of nitrogens with one attached hydrogen (secondary N) is 1. The molecule has 2 aliphatic rings. The van der Waals surface area contributed by atoms with E-state index in [1.165, 1.54) is 11.8 Å². The number of hydrogen-bond donors (Lipinski definition) is 1. The third-order valence-electron chi connectivity index (χ3n) is 2.57. The monoisotopic (exact) mass is 226 g/mol. The molecule has 0 saturated carbocycles. The van der Waals surface area contributed by atoms with Crippen LogP contribution in [-0.2, 0) is 9.59 Å². The molecule has 0 aromatic heterocycles. The zero-order chi connectivity index (χ0) is 10.8. The number of carbonyl (C=O) groups is 2. The number of amides is 2. The van der Waals surface area contributed by atoms with E-state index in [4.69, 9.17) is 0 Å². The molecule has 2 heterocycles. The van der Waals surface area contributed by atoms with E-state index in [1.54, 1.807) is 11.8 Å². The molecular weight excluding hydrogens is 212 g/mol. The first-order valence-corrected chi connectivity index (χ1v) is 6.04. The van der Waals surface area contributed by atoms with Crippen molar-refractivity contribution in [2.24, 2.45) is 0 Å². The van der Waals surface area contributed by atoms with Crippen LogP contribution in [0.15, 0.2) is 11.1 Å². The number of β-lactam (4-membered cyclic amide) rings is 1. The fraction of sp³-hybridized carbons (Fsp3) is 0.600. The Bertz CT molecular complexity index is 327. The van der Waals surface area contributed by atoms with Crippen LogP contribution < -0.4 is 5.32 Å². The van der Waals surface area contributed by atoms with Crippen molar-refractivity contribution in [1.82, 2.24) is 10.2 Å². The molecule has 2 aliphatic heterocycles. The Hall–Kier alpha value is -0.970. The van der Waals surface area contributed by atoms with Gasteiger partial charge in [-0.3, -0.25) is 9.59 Å². The highest BCUT2D eigenvalue weighted by Gasteiger charge is 2.39. The molecule has 0 aliphatic carbocycles. The predicted molar refractivity (Wildman–Crippen MR) is 59.1 cm³/mol. The van der Waals surface area contributed by atoms with Crippen molar-refractivity contribution in [3.63, 3.8) is 0 Å². The average Bonchev–Trinajstić information content (AvgIpc) is 2.50. The smallest absolute Gasteiger partial charge is 0.228 e. The second kappa shape index (κ2) is 4.26. The molecule has 1 saturated heterocycles. The summed E-state index contributed by atoms with van der Waals surface area (Å²) >= 11 is 1.73. The zero-order valence-corrected chi connectivity index (χ0v) is 9.47. The van der Waals surface area contributed by atoms with Crippen LogP contribution >= 0.6 is 11.8 Å². The highest BCUT2D eigenvalue weighted by molar-refractivity contribution is 8.03. The Balaban J connectivity index is 1.68. The summed E-state index contributed by atoms with van der Waals surface area (Å²) in [5.74, 6) is 1.12. The number of rotatable bonds is 4. The van der Waals surface area contributed by atoms with Gasteiger partial charge in [0.25, 0.3) is 0 Å². The highest BCUT2D eigenvalue weighted by Crippen LogP contribution is 2.37. The average molecular weight is 226 g/mol. The molecule has 15 heavy (non-hydrogen) atoms. The SMILES string of the molecule is CC(=O)NCCSC1=CN2C(=O)C[C@H]2C1. The van der Waals surface area contributed by atoms with Gasteiger partial charge in [0.2, 0.25) is 11.8 Å². The summed E-state index contributed by atoms with van der Waals surface area (Å²) < 4.78 is 0. The van der Waals surface area contributed by atoms with Crippen molar-refractivity contribution in [3.05, 3.63) is 11.1 Å². The molecule has 0 aromatic carbocycles. The van der Waals surface area contributed by atoms with Crippen molar-refractivity contribution >= 4 is 23.6 Å². The van der Waals surface area contributed by atoms with Crippen molar-refractivity contribution in [2.75, 3.05) is 12.3 Å². The van der Waals surface area contributed by atoms with E-state index in [1.807, 2.05) is 11.1 Å². The Labute approximate surface area is 93.1 Å². The third kappa shape index (κ3) is 2.34. The van der Waals surface area contributed by atoms with Gasteiger partial charge in [-0.1, -0.05) is 0 Å². The maximum Gasteiger partial charge on any atom is 0.228 e. The highest BCUT2D eigenvalue weighted by atomic mass is 32.2. The maximum absolute atomic E-state index is 11.1. The molecule has 0 bridgehead atoms. The molecule has 1 atom stereocenters. The first-order chi connectivity index (χ1) is 7.16. The van der Waals surface area contributed by atoms with Gasteiger partial charge < -0.3 is 10.2 Å². The van der Waals surface area contributed by atoms with E-state index in [-0.39, 0.29) is 11.8 Å². The first kappa shape index (κ1) is 10.5. The van der Waals surface area contributed by atoms with E-state index >= 15 is 0 Å². The largest absolute Gasteiger partial charge is 0.356 e. The zero-order valence-electron chi connectivity index (χ0n) is 8.66. The summed E-state index contributed by atoms with van der Waals surface area (Å²) in [6, 6.07) is 0.431. The molecule has 0 radical (unpaired) electrons. The minimum atomic E-state index is 0.00926. The number of thioether (sulfide) groups is 1. The van der Waals surface area contributed by atoms with Gasteiger partial charge in [-0.2, -0.15) is 0 Å². The number of nitrogens with zero attached hydrogens (tertiary/aromatic N) is 1. The Morgan fingerprint density at radius 1 is 1.67 bits per heavy atom. The van der Waals surface area contributed by atoms with Crippen LogP contribution in [0, 0.1) is 0 Å². The quantitative estimate of drug-likeness (QED) is 0.567. The lowest BCUT2D eigenvalue weighted by Crippen LogP contribution is -2.45. The minimum absolute atomic E-state index is 0.00926. The molecule has 0 unspecified atom stereocenters. The Morgan fingerprint density at radius 2 is 2.47 bits per heavy atom. The Kier molecular flexibility index (Phi) is 3.00. The fourth-order valence-electron chi connectivity index (χ4n) is 1.79. The summed E-state index contributed by atoms with van der Waals surface area (Å²) in [6.45, 7) is 2.21. The molecular formula is C10H14N2O2S. The summed E-state index contributed by atoms with van der Waals surface area (Å²) in [5, 5.41) is 2.75. The summed E-state index contributed by atoms with van der Waals surface area (Å²) in [4.78, 5) is 24.8. The van der Waals surface area contributed by atoms with E-state index in [9.17, 15) is 9.59 Å². The van der Waals surface area contributed by atoms with Crippen LogP contribution in [0.4, 0.5) is 0 Å².